The fourth-order valence-corrected chi connectivity index (χ4v) is 1.69. The zero-order chi connectivity index (χ0) is 13.5. The first-order valence-electron chi connectivity index (χ1n) is 5.65. The molecule has 0 aliphatic heterocycles. The lowest BCUT2D eigenvalue weighted by Gasteiger charge is -2.06. The third-order valence-electron chi connectivity index (χ3n) is 2.28. The van der Waals surface area contributed by atoms with Crippen molar-refractivity contribution in [2.24, 2.45) is 5.10 Å². The van der Waals surface area contributed by atoms with Crippen LogP contribution < -0.4 is 10.7 Å². The van der Waals surface area contributed by atoms with Crippen LogP contribution >= 0.6 is 23.8 Å². The summed E-state index contributed by atoms with van der Waals surface area (Å²) in [6, 6.07) is 17.0. The van der Waals surface area contributed by atoms with Crippen LogP contribution in [-0.4, -0.2) is 11.3 Å². The summed E-state index contributed by atoms with van der Waals surface area (Å²) >= 11 is 10.9. The first-order chi connectivity index (χ1) is 9.24. The predicted octanol–water partition coefficient (Wildman–Crippen LogP) is 3.66. The Balaban J connectivity index is 1.85. The van der Waals surface area contributed by atoms with Crippen molar-refractivity contribution in [1.29, 1.82) is 0 Å². The molecule has 0 aliphatic rings. The second-order valence-electron chi connectivity index (χ2n) is 3.74. The molecule has 0 atom stereocenters. The van der Waals surface area contributed by atoms with Crippen molar-refractivity contribution in [3.63, 3.8) is 0 Å². The van der Waals surface area contributed by atoms with Crippen LogP contribution in [0.2, 0.25) is 5.02 Å². The first kappa shape index (κ1) is 13.5. The number of benzene rings is 2. The van der Waals surface area contributed by atoms with E-state index in [4.69, 9.17) is 23.8 Å². The van der Waals surface area contributed by atoms with Gasteiger partial charge in [0.2, 0.25) is 0 Å². The number of rotatable bonds is 3. The van der Waals surface area contributed by atoms with Crippen molar-refractivity contribution in [1.82, 2.24) is 5.43 Å². The van der Waals surface area contributed by atoms with Crippen molar-refractivity contribution in [3.8, 4) is 0 Å². The molecule has 0 saturated carbocycles. The van der Waals surface area contributed by atoms with Crippen LogP contribution in [0.15, 0.2) is 59.7 Å². The van der Waals surface area contributed by atoms with E-state index in [0.29, 0.717) is 10.1 Å². The summed E-state index contributed by atoms with van der Waals surface area (Å²) in [4.78, 5) is 0. The van der Waals surface area contributed by atoms with Gasteiger partial charge in [0.15, 0.2) is 5.11 Å². The molecule has 0 heterocycles. The summed E-state index contributed by atoms with van der Waals surface area (Å²) in [5.41, 5.74) is 4.61. The standard InChI is InChI=1S/C14H12ClN3S/c15-12-6-8-13(9-7-12)17-14(19)18-16-10-11-4-2-1-3-5-11/h1-10H,(H2,17,18,19)/b16-10+. The van der Waals surface area contributed by atoms with Crippen molar-refractivity contribution in [2.75, 3.05) is 5.32 Å². The van der Waals surface area contributed by atoms with Gasteiger partial charge in [-0.1, -0.05) is 41.9 Å². The van der Waals surface area contributed by atoms with Crippen LogP contribution in [0.3, 0.4) is 0 Å². The van der Waals surface area contributed by atoms with Gasteiger partial charge in [-0.25, -0.2) is 0 Å². The summed E-state index contributed by atoms with van der Waals surface area (Å²) in [6.07, 6.45) is 1.70. The van der Waals surface area contributed by atoms with Gasteiger partial charge in [-0.05, 0) is 42.0 Å². The Hall–Kier alpha value is -1.91. The van der Waals surface area contributed by atoms with Crippen molar-refractivity contribution in [2.45, 2.75) is 0 Å². The number of hydrazone groups is 1. The summed E-state index contributed by atoms with van der Waals surface area (Å²) < 4.78 is 0. The summed E-state index contributed by atoms with van der Waals surface area (Å²) in [7, 11) is 0. The van der Waals surface area contributed by atoms with Crippen LogP contribution in [0.1, 0.15) is 5.56 Å². The summed E-state index contributed by atoms with van der Waals surface area (Å²) in [5.74, 6) is 0. The lowest BCUT2D eigenvalue weighted by Crippen LogP contribution is -2.23. The number of nitrogens with one attached hydrogen (secondary N) is 2. The van der Waals surface area contributed by atoms with E-state index in [2.05, 4.69) is 15.8 Å². The Labute approximate surface area is 122 Å². The van der Waals surface area contributed by atoms with Crippen molar-refractivity contribution < 1.29 is 0 Å². The van der Waals surface area contributed by atoms with Crippen LogP contribution in [0, 0.1) is 0 Å². The van der Waals surface area contributed by atoms with Crippen LogP contribution in [0.5, 0.6) is 0 Å². The minimum Gasteiger partial charge on any atom is -0.331 e. The van der Waals surface area contributed by atoms with Crippen molar-refractivity contribution >= 4 is 40.8 Å². The van der Waals surface area contributed by atoms with E-state index in [0.717, 1.165) is 11.3 Å². The monoisotopic (exact) mass is 289 g/mol. The molecule has 2 aromatic carbocycles. The Kier molecular flexibility index (Phi) is 4.89. The van der Waals surface area contributed by atoms with Gasteiger partial charge in [0.1, 0.15) is 0 Å². The van der Waals surface area contributed by atoms with E-state index in [-0.39, 0.29) is 0 Å². The van der Waals surface area contributed by atoms with Crippen LogP contribution in [-0.2, 0) is 0 Å². The van der Waals surface area contributed by atoms with E-state index in [1.165, 1.54) is 0 Å². The van der Waals surface area contributed by atoms with Gasteiger partial charge in [0.05, 0.1) is 6.21 Å². The normalized spacial score (nSPS) is 10.4. The minimum absolute atomic E-state index is 0.425. The molecule has 0 fully saturated rings. The quantitative estimate of drug-likeness (QED) is 0.514. The molecule has 19 heavy (non-hydrogen) atoms. The van der Waals surface area contributed by atoms with E-state index in [1.807, 2.05) is 42.5 Å². The maximum atomic E-state index is 5.80. The molecule has 2 aromatic rings. The Bertz CT molecular complexity index is 567. The fourth-order valence-electron chi connectivity index (χ4n) is 1.40. The third kappa shape index (κ3) is 4.69. The molecule has 0 saturated heterocycles. The first-order valence-corrected chi connectivity index (χ1v) is 6.43. The van der Waals surface area contributed by atoms with Crippen molar-refractivity contribution in [3.05, 3.63) is 65.2 Å². The molecule has 2 rings (SSSR count). The van der Waals surface area contributed by atoms with Gasteiger partial charge < -0.3 is 5.32 Å². The largest absolute Gasteiger partial charge is 0.331 e. The molecular weight excluding hydrogens is 278 g/mol. The number of anilines is 1. The Morgan fingerprint density at radius 1 is 1.05 bits per heavy atom. The minimum atomic E-state index is 0.425. The number of hydrogen-bond donors (Lipinski definition) is 2. The van der Waals surface area contributed by atoms with Gasteiger partial charge in [-0.2, -0.15) is 5.10 Å². The van der Waals surface area contributed by atoms with E-state index in [1.54, 1.807) is 18.3 Å². The molecular formula is C14H12ClN3S. The highest BCUT2D eigenvalue weighted by atomic mass is 35.5. The van der Waals surface area contributed by atoms with Crippen LogP contribution in [0.4, 0.5) is 5.69 Å². The molecule has 96 valence electrons. The smallest absolute Gasteiger partial charge is 0.191 e. The Morgan fingerprint density at radius 3 is 2.42 bits per heavy atom. The molecule has 0 aromatic heterocycles. The highest BCUT2D eigenvalue weighted by Gasteiger charge is 1.95. The average molecular weight is 290 g/mol. The van der Waals surface area contributed by atoms with E-state index in [9.17, 15) is 0 Å². The molecule has 0 unspecified atom stereocenters. The number of nitrogens with zero attached hydrogens (tertiary/aromatic N) is 1. The molecule has 0 spiro atoms. The zero-order valence-corrected chi connectivity index (χ0v) is 11.6. The van der Waals surface area contributed by atoms with E-state index < -0.39 is 0 Å². The summed E-state index contributed by atoms with van der Waals surface area (Å²) in [6.45, 7) is 0. The molecule has 0 radical (unpaired) electrons. The van der Waals surface area contributed by atoms with Gasteiger partial charge >= 0.3 is 0 Å². The highest BCUT2D eigenvalue weighted by molar-refractivity contribution is 7.80. The Morgan fingerprint density at radius 2 is 1.74 bits per heavy atom. The van der Waals surface area contributed by atoms with Gasteiger partial charge in [-0.15, -0.1) is 0 Å². The van der Waals surface area contributed by atoms with Gasteiger partial charge in [-0.3, -0.25) is 5.43 Å². The molecule has 0 amide bonds. The molecule has 0 aliphatic carbocycles. The molecule has 5 heteroatoms. The second kappa shape index (κ2) is 6.87. The maximum Gasteiger partial charge on any atom is 0.191 e. The number of halogens is 1. The maximum absolute atomic E-state index is 5.80. The van der Waals surface area contributed by atoms with Gasteiger partial charge in [0, 0.05) is 10.7 Å². The lowest BCUT2D eigenvalue weighted by molar-refractivity contribution is 1.05. The molecule has 2 N–H and O–H groups in total. The lowest BCUT2D eigenvalue weighted by atomic mass is 10.2. The molecule has 3 nitrogen and oxygen atoms in total. The fraction of sp³-hybridized carbons (Fsp3) is 0. The van der Waals surface area contributed by atoms with Crippen LogP contribution in [0.25, 0.3) is 0 Å². The highest BCUT2D eigenvalue weighted by Crippen LogP contribution is 2.12. The number of thiocarbonyl (C=S) groups is 1. The number of hydrogen-bond acceptors (Lipinski definition) is 2. The summed E-state index contributed by atoms with van der Waals surface area (Å²) in [5, 5.41) is 8.17. The van der Waals surface area contributed by atoms with Gasteiger partial charge in [0.25, 0.3) is 0 Å². The predicted molar refractivity (Wildman–Crippen MR) is 84.8 cm³/mol. The third-order valence-corrected chi connectivity index (χ3v) is 2.73. The second-order valence-corrected chi connectivity index (χ2v) is 4.59. The average Bonchev–Trinajstić information content (AvgIpc) is 2.43. The van der Waals surface area contributed by atoms with E-state index >= 15 is 0 Å². The SMILES string of the molecule is S=C(N/N=C/c1ccccc1)Nc1ccc(Cl)cc1. The zero-order valence-electron chi connectivity index (χ0n) is 10.0. The molecule has 0 bridgehead atoms. The topological polar surface area (TPSA) is 36.4 Å².